The monoisotopic (exact) mass is 216 g/mol. The molecule has 2 heterocycles. The molecule has 0 aliphatic heterocycles. The van der Waals surface area contributed by atoms with Crippen LogP contribution in [0.2, 0.25) is 0 Å². The predicted molar refractivity (Wildman–Crippen MR) is 59.8 cm³/mol. The highest BCUT2D eigenvalue weighted by atomic mass is 16.5. The zero-order valence-electron chi connectivity index (χ0n) is 8.92. The maximum Gasteiger partial charge on any atom is 0.223 e. The summed E-state index contributed by atoms with van der Waals surface area (Å²) in [6.07, 6.45) is 3.35. The van der Waals surface area contributed by atoms with E-state index >= 15 is 0 Å². The van der Waals surface area contributed by atoms with Gasteiger partial charge in [-0.1, -0.05) is 6.07 Å². The molecule has 0 aliphatic rings. The summed E-state index contributed by atoms with van der Waals surface area (Å²) in [4.78, 5) is 11.9. The van der Waals surface area contributed by atoms with Gasteiger partial charge in [-0.05, 0) is 18.6 Å². The second kappa shape index (κ2) is 4.57. The molecule has 5 nitrogen and oxygen atoms in total. The standard InChI is InChI=1S/C11H12N4O/c1-8-2-3-9(14-6-8)7-16-10-4-5-13-11(12)15-10/h2-6H,7H2,1H3,(H2,12,13,15). The number of nitrogens with two attached hydrogens (primary N) is 1. The first-order valence-electron chi connectivity index (χ1n) is 4.87. The normalized spacial score (nSPS) is 10.1. The third-order valence-corrected chi connectivity index (χ3v) is 1.99. The Bertz CT molecular complexity index is 470. The third-order valence-electron chi connectivity index (χ3n) is 1.99. The van der Waals surface area contributed by atoms with Gasteiger partial charge < -0.3 is 10.5 Å². The summed E-state index contributed by atoms with van der Waals surface area (Å²) in [5, 5.41) is 0. The third kappa shape index (κ3) is 2.66. The molecule has 0 bridgehead atoms. The number of hydrogen-bond acceptors (Lipinski definition) is 5. The lowest BCUT2D eigenvalue weighted by molar-refractivity contribution is 0.289. The van der Waals surface area contributed by atoms with Crippen molar-refractivity contribution in [1.82, 2.24) is 15.0 Å². The molecular formula is C11H12N4O. The van der Waals surface area contributed by atoms with Crippen molar-refractivity contribution < 1.29 is 4.74 Å². The van der Waals surface area contributed by atoms with E-state index in [1.165, 1.54) is 0 Å². The number of pyridine rings is 1. The molecule has 2 aromatic heterocycles. The fourth-order valence-corrected chi connectivity index (χ4v) is 1.17. The molecule has 5 heteroatoms. The summed E-state index contributed by atoms with van der Waals surface area (Å²) >= 11 is 0. The largest absolute Gasteiger partial charge is 0.471 e. The van der Waals surface area contributed by atoms with Crippen LogP contribution in [0.3, 0.4) is 0 Å². The average Bonchev–Trinajstić information content (AvgIpc) is 2.28. The highest BCUT2D eigenvalue weighted by Crippen LogP contribution is 2.08. The topological polar surface area (TPSA) is 73.9 Å². The second-order valence-corrected chi connectivity index (χ2v) is 3.37. The number of aryl methyl sites for hydroxylation is 1. The quantitative estimate of drug-likeness (QED) is 0.838. The molecule has 0 amide bonds. The number of nitrogen functional groups attached to an aromatic ring is 1. The lowest BCUT2D eigenvalue weighted by Crippen LogP contribution is -2.01. The first-order valence-corrected chi connectivity index (χ1v) is 4.87. The van der Waals surface area contributed by atoms with Gasteiger partial charge in [0.15, 0.2) is 0 Å². The van der Waals surface area contributed by atoms with E-state index in [0.717, 1.165) is 11.3 Å². The molecule has 0 saturated heterocycles. The van der Waals surface area contributed by atoms with Crippen molar-refractivity contribution in [2.45, 2.75) is 13.5 Å². The number of hydrogen-bond donors (Lipinski definition) is 1. The van der Waals surface area contributed by atoms with Gasteiger partial charge in [0.1, 0.15) is 6.61 Å². The van der Waals surface area contributed by atoms with Gasteiger partial charge >= 0.3 is 0 Å². The maximum absolute atomic E-state index is 5.43. The zero-order chi connectivity index (χ0) is 11.4. The Morgan fingerprint density at radius 3 is 2.81 bits per heavy atom. The van der Waals surface area contributed by atoms with Crippen molar-refractivity contribution in [3.8, 4) is 5.88 Å². The first-order chi connectivity index (χ1) is 7.74. The van der Waals surface area contributed by atoms with Crippen LogP contribution in [0, 0.1) is 6.92 Å². The maximum atomic E-state index is 5.43. The lowest BCUT2D eigenvalue weighted by Gasteiger charge is -2.04. The zero-order valence-corrected chi connectivity index (χ0v) is 8.92. The van der Waals surface area contributed by atoms with Gasteiger partial charge in [-0.3, -0.25) is 4.98 Å². The van der Waals surface area contributed by atoms with E-state index in [4.69, 9.17) is 10.5 Å². The number of nitrogens with zero attached hydrogens (tertiary/aromatic N) is 3. The van der Waals surface area contributed by atoms with E-state index < -0.39 is 0 Å². The summed E-state index contributed by atoms with van der Waals surface area (Å²) in [7, 11) is 0. The van der Waals surface area contributed by atoms with Gasteiger partial charge in [0, 0.05) is 18.5 Å². The number of anilines is 1. The average molecular weight is 216 g/mol. The van der Waals surface area contributed by atoms with Crippen molar-refractivity contribution in [3.05, 3.63) is 41.9 Å². The summed E-state index contributed by atoms with van der Waals surface area (Å²) in [5.74, 6) is 0.657. The van der Waals surface area contributed by atoms with Crippen LogP contribution in [-0.2, 0) is 6.61 Å². The number of rotatable bonds is 3. The van der Waals surface area contributed by atoms with Crippen LogP contribution in [0.25, 0.3) is 0 Å². The Morgan fingerprint density at radius 1 is 1.25 bits per heavy atom. The smallest absolute Gasteiger partial charge is 0.223 e. The molecule has 2 aromatic rings. The molecule has 0 aliphatic carbocycles. The van der Waals surface area contributed by atoms with E-state index in [9.17, 15) is 0 Å². The Balaban J connectivity index is 1.99. The SMILES string of the molecule is Cc1ccc(COc2ccnc(N)n2)nc1. The van der Waals surface area contributed by atoms with Gasteiger partial charge in [-0.15, -0.1) is 0 Å². The Kier molecular flexibility index (Phi) is 2.95. The fraction of sp³-hybridized carbons (Fsp3) is 0.182. The molecule has 0 atom stereocenters. The van der Waals surface area contributed by atoms with E-state index in [1.807, 2.05) is 19.1 Å². The highest BCUT2D eigenvalue weighted by Gasteiger charge is 1.99. The number of ether oxygens (including phenoxy) is 1. The Labute approximate surface area is 93.3 Å². The minimum atomic E-state index is 0.203. The molecule has 0 spiro atoms. The van der Waals surface area contributed by atoms with Crippen molar-refractivity contribution in [2.24, 2.45) is 0 Å². The van der Waals surface area contributed by atoms with Crippen molar-refractivity contribution in [1.29, 1.82) is 0 Å². The molecule has 0 radical (unpaired) electrons. The molecule has 16 heavy (non-hydrogen) atoms. The predicted octanol–water partition coefficient (Wildman–Crippen LogP) is 1.34. The minimum absolute atomic E-state index is 0.203. The first kappa shape index (κ1) is 10.4. The van der Waals surface area contributed by atoms with Gasteiger partial charge in [-0.25, -0.2) is 4.98 Å². The molecule has 0 saturated carbocycles. The van der Waals surface area contributed by atoms with Gasteiger partial charge in [0.2, 0.25) is 11.8 Å². The van der Waals surface area contributed by atoms with Crippen molar-refractivity contribution >= 4 is 5.95 Å². The summed E-state index contributed by atoms with van der Waals surface area (Å²) < 4.78 is 5.42. The van der Waals surface area contributed by atoms with Crippen molar-refractivity contribution in [2.75, 3.05) is 5.73 Å². The van der Waals surface area contributed by atoms with Crippen LogP contribution >= 0.6 is 0 Å². The molecule has 0 unspecified atom stereocenters. The Hall–Kier alpha value is -2.17. The molecule has 0 fully saturated rings. The van der Waals surface area contributed by atoms with E-state index in [-0.39, 0.29) is 5.95 Å². The second-order valence-electron chi connectivity index (χ2n) is 3.37. The van der Waals surface area contributed by atoms with E-state index in [1.54, 1.807) is 18.5 Å². The van der Waals surface area contributed by atoms with Crippen LogP contribution in [0.4, 0.5) is 5.95 Å². The summed E-state index contributed by atoms with van der Waals surface area (Å²) in [6.45, 7) is 2.36. The summed E-state index contributed by atoms with van der Waals surface area (Å²) in [5.41, 5.74) is 7.40. The van der Waals surface area contributed by atoms with E-state index in [2.05, 4.69) is 15.0 Å². The fourth-order valence-electron chi connectivity index (χ4n) is 1.17. The Morgan fingerprint density at radius 2 is 2.12 bits per heavy atom. The van der Waals surface area contributed by atoms with Crippen LogP contribution in [0.1, 0.15) is 11.3 Å². The number of aromatic nitrogens is 3. The van der Waals surface area contributed by atoms with Gasteiger partial charge in [0.05, 0.1) is 5.69 Å². The molecule has 2 rings (SSSR count). The molecule has 2 N–H and O–H groups in total. The molecule has 0 aromatic carbocycles. The lowest BCUT2D eigenvalue weighted by atomic mass is 10.3. The molecular weight excluding hydrogens is 204 g/mol. The van der Waals surface area contributed by atoms with Crippen LogP contribution < -0.4 is 10.5 Å². The van der Waals surface area contributed by atoms with Crippen LogP contribution in [-0.4, -0.2) is 15.0 Å². The molecule has 82 valence electrons. The minimum Gasteiger partial charge on any atom is -0.471 e. The van der Waals surface area contributed by atoms with Crippen molar-refractivity contribution in [3.63, 3.8) is 0 Å². The summed E-state index contributed by atoms with van der Waals surface area (Å²) in [6, 6.07) is 5.56. The van der Waals surface area contributed by atoms with Gasteiger partial charge in [-0.2, -0.15) is 4.98 Å². The van der Waals surface area contributed by atoms with E-state index in [0.29, 0.717) is 12.5 Å². The van der Waals surface area contributed by atoms with Gasteiger partial charge in [0.25, 0.3) is 0 Å². The van der Waals surface area contributed by atoms with Crippen LogP contribution in [0.15, 0.2) is 30.6 Å². The highest BCUT2D eigenvalue weighted by molar-refractivity contribution is 5.21. The van der Waals surface area contributed by atoms with Crippen LogP contribution in [0.5, 0.6) is 5.88 Å².